The van der Waals surface area contributed by atoms with Crippen molar-refractivity contribution >= 4 is 0 Å². The van der Waals surface area contributed by atoms with Crippen LogP contribution in [0.1, 0.15) is 64.7 Å². The first-order valence-corrected chi connectivity index (χ1v) is 9.37. The molecule has 0 aromatic heterocycles. The molecule has 3 unspecified atom stereocenters. The molecule has 0 amide bonds. The lowest BCUT2D eigenvalue weighted by molar-refractivity contribution is -0.131. The molecule has 0 aromatic carbocycles. The zero-order valence-electron chi connectivity index (χ0n) is 13.9. The fraction of sp³-hybridized carbons (Fsp3) is 0.850. The van der Waals surface area contributed by atoms with Gasteiger partial charge in [-0.15, -0.1) is 0 Å². The maximum Gasteiger partial charge on any atom is 0.0949 e. The maximum atomic E-state index is 10.4. The second-order valence-corrected chi connectivity index (χ2v) is 8.71. The van der Waals surface area contributed by atoms with E-state index in [9.17, 15) is 10.4 Å². The summed E-state index contributed by atoms with van der Waals surface area (Å²) in [6.07, 6.45) is 13.6. The number of nitrogens with zero attached hydrogens (tertiary/aromatic N) is 1. The molecule has 4 aliphatic rings. The predicted molar refractivity (Wildman–Crippen MR) is 86.8 cm³/mol. The Balaban J connectivity index is 1.67. The topological polar surface area (TPSA) is 44.0 Å². The Morgan fingerprint density at radius 2 is 2.05 bits per heavy atom. The number of aliphatic hydroxyl groups excluding tert-OH is 1. The summed E-state index contributed by atoms with van der Waals surface area (Å²) in [6, 6.07) is 2.49. The minimum Gasteiger partial charge on any atom is -0.396 e. The van der Waals surface area contributed by atoms with Gasteiger partial charge >= 0.3 is 0 Å². The monoisotopic (exact) mass is 299 g/mol. The van der Waals surface area contributed by atoms with Crippen LogP contribution in [-0.2, 0) is 0 Å². The van der Waals surface area contributed by atoms with Gasteiger partial charge in [0.25, 0.3) is 0 Å². The van der Waals surface area contributed by atoms with Gasteiger partial charge in [-0.1, -0.05) is 25.8 Å². The summed E-state index contributed by atoms with van der Waals surface area (Å²) in [5.41, 5.74) is 1.41. The van der Waals surface area contributed by atoms with Gasteiger partial charge in [-0.2, -0.15) is 5.26 Å². The van der Waals surface area contributed by atoms with Crippen molar-refractivity contribution in [1.82, 2.24) is 0 Å². The van der Waals surface area contributed by atoms with Gasteiger partial charge in [-0.3, -0.25) is 0 Å². The Hall–Kier alpha value is -0.810. The lowest BCUT2D eigenvalue weighted by atomic mass is 9.44. The van der Waals surface area contributed by atoms with E-state index < -0.39 is 0 Å². The van der Waals surface area contributed by atoms with Crippen LogP contribution < -0.4 is 0 Å². The number of nitriles is 1. The largest absolute Gasteiger partial charge is 0.396 e. The van der Waals surface area contributed by atoms with Crippen LogP contribution in [0.4, 0.5) is 0 Å². The minimum absolute atomic E-state index is 0.133. The van der Waals surface area contributed by atoms with Gasteiger partial charge in [0, 0.05) is 17.6 Å². The highest BCUT2D eigenvalue weighted by Crippen LogP contribution is 2.66. The molecule has 0 spiro atoms. The van der Waals surface area contributed by atoms with Gasteiger partial charge < -0.3 is 5.11 Å². The molecule has 4 rings (SSSR count). The average Bonchev–Trinajstić information content (AvgIpc) is 2.90. The SMILES string of the molecule is CC12CC[C@H]3C(CC[C@H]4CCCCC43CO)[C@@H]1CC=C2C#N. The third kappa shape index (κ3) is 1.75. The quantitative estimate of drug-likeness (QED) is 0.777. The molecule has 0 aromatic rings. The normalized spacial score (nSPS) is 50.3. The molecule has 1 N–H and O–H groups in total. The summed E-state index contributed by atoms with van der Waals surface area (Å²) in [7, 11) is 0. The van der Waals surface area contributed by atoms with E-state index in [1.165, 1.54) is 44.9 Å². The summed E-state index contributed by atoms with van der Waals surface area (Å²) in [5.74, 6) is 2.87. The van der Waals surface area contributed by atoms with Crippen LogP contribution in [0.2, 0.25) is 0 Å². The highest BCUT2D eigenvalue weighted by molar-refractivity contribution is 5.35. The summed E-state index contributed by atoms with van der Waals surface area (Å²) in [6.45, 7) is 2.75. The molecule has 6 atom stereocenters. The first-order chi connectivity index (χ1) is 10.7. The smallest absolute Gasteiger partial charge is 0.0949 e. The number of hydrogen-bond acceptors (Lipinski definition) is 2. The van der Waals surface area contributed by atoms with Crippen molar-refractivity contribution in [3.05, 3.63) is 11.6 Å². The Morgan fingerprint density at radius 1 is 1.18 bits per heavy atom. The molecule has 2 heteroatoms. The van der Waals surface area contributed by atoms with Gasteiger partial charge in [-0.05, 0) is 74.0 Å². The van der Waals surface area contributed by atoms with E-state index in [2.05, 4.69) is 19.1 Å². The van der Waals surface area contributed by atoms with Crippen molar-refractivity contribution in [3.63, 3.8) is 0 Å². The van der Waals surface area contributed by atoms with E-state index in [1.807, 2.05) is 0 Å². The third-order valence-electron chi connectivity index (χ3n) is 8.28. The van der Waals surface area contributed by atoms with Crippen LogP contribution in [0.5, 0.6) is 0 Å². The Morgan fingerprint density at radius 3 is 2.82 bits per heavy atom. The van der Waals surface area contributed by atoms with Crippen molar-refractivity contribution in [3.8, 4) is 6.07 Å². The Kier molecular flexibility index (Phi) is 3.42. The molecule has 3 fully saturated rings. The van der Waals surface area contributed by atoms with Crippen LogP contribution in [0.15, 0.2) is 11.6 Å². The molecule has 0 bridgehead atoms. The lowest BCUT2D eigenvalue weighted by Gasteiger charge is -2.60. The van der Waals surface area contributed by atoms with Crippen LogP contribution >= 0.6 is 0 Å². The number of hydrogen-bond donors (Lipinski definition) is 1. The second-order valence-electron chi connectivity index (χ2n) is 8.71. The highest BCUT2D eigenvalue weighted by atomic mass is 16.3. The summed E-state index contributed by atoms with van der Waals surface area (Å²) >= 11 is 0. The van der Waals surface area contributed by atoms with Gasteiger partial charge in [0.1, 0.15) is 0 Å². The molecular weight excluding hydrogens is 270 g/mol. The molecule has 0 saturated heterocycles. The van der Waals surface area contributed by atoms with Gasteiger partial charge in [-0.25, -0.2) is 0 Å². The molecule has 120 valence electrons. The number of rotatable bonds is 1. The van der Waals surface area contributed by atoms with Crippen molar-refractivity contribution in [2.24, 2.45) is 34.5 Å². The zero-order chi connectivity index (χ0) is 15.4. The van der Waals surface area contributed by atoms with Crippen molar-refractivity contribution in [2.75, 3.05) is 6.61 Å². The van der Waals surface area contributed by atoms with Gasteiger partial charge in [0.2, 0.25) is 0 Å². The fourth-order valence-electron chi connectivity index (χ4n) is 7.12. The lowest BCUT2D eigenvalue weighted by Crippen LogP contribution is -2.55. The molecule has 22 heavy (non-hydrogen) atoms. The van der Waals surface area contributed by atoms with E-state index in [1.54, 1.807) is 0 Å². The first-order valence-electron chi connectivity index (χ1n) is 9.37. The molecule has 4 aliphatic carbocycles. The van der Waals surface area contributed by atoms with Crippen LogP contribution in [-0.4, -0.2) is 11.7 Å². The summed E-state index contributed by atoms with van der Waals surface area (Å²) in [5, 5.41) is 19.8. The molecule has 0 aliphatic heterocycles. The van der Waals surface area contributed by atoms with Crippen LogP contribution in [0.25, 0.3) is 0 Å². The van der Waals surface area contributed by atoms with Crippen molar-refractivity contribution in [1.29, 1.82) is 5.26 Å². The maximum absolute atomic E-state index is 10.4. The van der Waals surface area contributed by atoms with E-state index in [0.717, 1.165) is 30.3 Å². The van der Waals surface area contributed by atoms with E-state index in [0.29, 0.717) is 18.4 Å². The predicted octanol–water partition coefficient (Wildman–Crippen LogP) is 4.45. The van der Waals surface area contributed by atoms with Crippen molar-refractivity contribution < 1.29 is 5.11 Å². The van der Waals surface area contributed by atoms with E-state index in [-0.39, 0.29) is 10.8 Å². The van der Waals surface area contributed by atoms with E-state index >= 15 is 0 Å². The molecule has 0 heterocycles. The number of aliphatic hydroxyl groups is 1. The Labute approximate surface area is 134 Å². The van der Waals surface area contributed by atoms with Crippen LogP contribution in [0, 0.1) is 45.8 Å². The third-order valence-corrected chi connectivity index (χ3v) is 8.28. The molecule has 0 radical (unpaired) electrons. The molecule has 2 nitrogen and oxygen atoms in total. The number of allylic oxidation sites excluding steroid dienone is 2. The summed E-state index contributed by atoms with van der Waals surface area (Å²) in [4.78, 5) is 0. The van der Waals surface area contributed by atoms with Gasteiger partial charge in [0.05, 0.1) is 6.07 Å². The van der Waals surface area contributed by atoms with E-state index in [4.69, 9.17) is 0 Å². The molecular formula is C20H29NO. The minimum atomic E-state index is 0.133. The number of fused-ring (bicyclic) bond motifs is 5. The standard InChI is InChI=1S/C20H29NO/c1-19-11-9-18-16(17(19)8-6-15(19)12-21)7-5-14-4-2-3-10-20(14,18)13-22/h6,14,16-18,22H,2-5,7-11,13H2,1H3/t14-,16?,17+,18+,19?,20?/m1/s1. The fourth-order valence-corrected chi connectivity index (χ4v) is 7.12. The molecule has 3 saturated carbocycles. The van der Waals surface area contributed by atoms with Crippen LogP contribution in [0.3, 0.4) is 0 Å². The zero-order valence-corrected chi connectivity index (χ0v) is 13.9. The average molecular weight is 299 g/mol. The second kappa shape index (κ2) is 5.10. The highest BCUT2D eigenvalue weighted by Gasteiger charge is 2.59. The Bertz CT molecular complexity index is 532. The van der Waals surface area contributed by atoms with Crippen molar-refractivity contribution in [2.45, 2.75) is 64.7 Å². The first kappa shape index (κ1) is 14.8. The van der Waals surface area contributed by atoms with Gasteiger partial charge in [0.15, 0.2) is 0 Å². The summed E-state index contributed by atoms with van der Waals surface area (Å²) < 4.78 is 0.